The van der Waals surface area contributed by atoms with Crippen LogP contribution in [0.1, 0.15) is 33.1 Å². The van der Waals surface area contributed by atoms with Gasteiger partial charge < -0.3 is 5.32 Å². The molecular formula is C24H22N4O. The number of benzene rings is 3. The Kier molecular flexibility index (Phi) is 5.20. The summed E-state index contributed by atoms with van der Waals surface area (Å²) in [6.07, 6.45) is 0.583. The van der Waals surface area contributed by atoms with Crippen LogP contribution >= 0.6 is 0 Å². The van der Waals surface area contributed by atoms with Gasteiger partial charge in [-0.05, 0) is 54.8 Å². The maximum Gasteiger partial charge on any atom is 0.295 e. The van der Waals surface area contributed by atoms with Gasteiger partial charge in [0.1, 0.15) is 5.82 Å². The molecule has 0 aliphatic heterocycles. The molecular weight excluding hydrogens is 360 g/mol. The Labute approximate surface area is 170 Å². The molecule has 0 saturated carbocycles. The normalized spacial score (nSPS) is 10.7. The van der Waals surface area contributed by atoms with Gasteiger partial charge in [-0.15, -0.1) is 5.10 Å². The van der Waals surface area contributed by atoms with Crippen LogP contribution in [0.15, 0.2) is 78.9 Å². The van der Waals surface area contributed by atoms with Gasteiger partial charge in [-0.2, -0.15) is 0 Å². The van der Waals surface area contributed by atoms with Crippen LogP contribution < -0.4 is 5.32 Å². The Hall–Kier alpha value is -3.73. The highest BCUT2D eigenvalue weighted by Gasteiger charge is 2.18. The Morgan fingerprint density at radius 2 is 1.52 bits per heavy atom. The van der Waals surface area contributed by atoms with E-state index < -0.39 is 0 Å². The summed E-state index contributed by atoms with van der Waals surface area (Å²) in [7, 11) is 0. The first-order valence-electron chi connectivity index (χ1n) is 9.53. The minimum absolute atomic E-state index is 0.152. The molecule has 0 radical (unpaired) electrons. The Morgan fingerprint density at radius 1 is 0.897 bits per heavy atom. The van der Waals surface area contributed by atoms with Gasteiger partial charge in [0.2, 0.25) is 5.82 Å². The Bertz CT molecular complexity index is 1110. The molecule has 5 nitrogen and oxygen atoms in total. The number of nitrogens with one attached hydrogen (secondary N) is 1. The van der Waals surface area contributed by atoms with Crippen molar-refractivity contribution in [2.75, 3.05) is 5.32 Å². The van der Waals surface area contributed by atoms with Crippen LogP contribution in [0.25, 0.3) is 5.69 Å². The van der Waals surface area contributed by atoms with E-state index in [0.717, 1.165) is 28.1 Å². The molecule has 0 spiro atoms. The first-order chi connectivity index (χ1) is 14.1. The van der Waals surface area contributed by atoms with Gasteiger partial charge >= 0.3 is 0 Å². The van der Waals surface area contributed by atoms with Gasteiger partial charge in [0.05, 0.1) is 5.69 Å². The highest BCUT2D eigenvalue weighted by molar-refractivity contribution is 6.01. The first kappa shape index (κ1) is 18.6. The summed E-state index contributed by atoms with van der Waals surface area (Å²) in [5, 5.41) is 7.43. The van der Waals surface area contributed by atoms with Crippen LogP contribution in [0, 0.1) is 13.8 Å². The lowest BCUT2D eigenvalue weighted by molar-refractivity contribution is 0.101. The molecule has 29 heavy (non-hydrogen) atoms. The third kappa shape index (κ3) is 4.41. The van der Waals surface area contributed by atoms with E-state index in [9.17, 15) is 4.79 Å². The van der Waals surface area contributed by atoms with Crippen molar-refractivity contribution in [2.24, 2.45) is 0 Å². The van der Waals surface area contributed by atoms with Crippen LogP contribution in [0.5, 0.6) is 0 Å². The third-order valence-electron chi connectivity index (χ3n) is 4.56. The molecule has 1 N–H and O–H groups in total. The molecule has 0 aliphatic carbocycles. The van der Waals surface area contributed by atoms with Crippen molar-refractivity contribution in [3.05, 3.63) is 107 Å². The molecule has 0 fully saturated rings. The van der Waals surface area contributed by atoms with E-state index in [2.05, 4.69) is 21.5 Å². The number of carbonyl (C=O) groups excluding carboxylic acids is 1. The van der Waals surface area contributed by atoms with Crippen molar-refractivity contribution in [1.82, 2.24) is 14.8 Å². The van der Waals surface area contributed by atoms with E-state index in [1.54, 1.807) is 4.68 Å². The number of hydrogen-bond donors (Lipinski definition) is 1. The Balaban J connectivity index is 1.67. The van der Waals surface area contributed by atoms with E-state index in [-0.39, 0.29) is 11.7 Å². The Morgan fingerprint density at radius 3 is 2.17 bits per heavy atom. The molecule has 0 atom stereocenters. The van der Waals surface area contributed by atoms with Crippen molar-refractivity contribution in [2.45, 2.75) is 20.3 Å². The number of aryl methyl sites for hydroxylation is 2. The molecule has 0 bridgehead atoms. The summed E-state index contributed by atoms with van der Waals surface area (Å²) in [6, 6.07) is 25.7. The van der Waals surface area contributed by atoms with Crippen molar-refractivity contribution in [3.63, 3.8) is 0 Å². The molecule has 4 rings (SSSR count). The molecule has 3 aromatic carbocycles. The monoisotopic (exact) mass is 382 g/mol. The van der Waals surface area contributed by atoms with Crippen molar-refractivity contribution >= 4 is 11.6 Å². The van der Waals surface area contributed by atoms with E-state index in [1.807, 2.05) is 86.6 Å². The SMILES string of the molecule is Cc1cc(C)cc(NC(=O)c2nc(Cc3ccccc3)n(-c3ccccc3)n2)c1. The summed E-state index contributed by atoms with van der Waals surface area (Å²) in [5.41, 5.74) is 4.91. The fraction of sp³-hybridized carbons (Fsp3) is 0.125. The maximum atomic E-state index is 12.8. The van der Waals surface area contributed by atoms with Crippen LogP contribution in [-0.2, 0) is 6.42 Å². The smallest absolute Gasteiger partial charge is 0.295 e. The predicted molar refractivity (Wildman–Crippen MR) is 114 cm³/mol. The largest absolute Gasteiger partial charge is 0.319 e. The number of anilines is 1. The van der Waals surface area contributed by atoms with Gasteiger partial charge in [-0.1, -0.05) is 54.6 Å². The second kappa shape index (κ2) is 8.10. The highest BCUT2D eigenvalue weighted by atomic mass is 16.2. The lowest BCUT2D eigenvalue weighted by Crippen LogP contribution is -2.14. The summed E-state index contributed by atoms with van der Waals surface area (Å²) in [4.78, 5) is 17.4. The molecule has 1 heterocycles. The summed E-state index contributed by atoms with van der Waals surface area (Å²) < 4.78 is 1.74. The quantitative estimate of drug-likeness (QED) is 0.543. The zero-order chi connectivity index (χ0) is 20.2. The summed E-state index contributed by atoms with van der Waals surface area (Å²) in [6.45, 7) is 4.01. The van der Waals surface area contributed by atoms with Crippen molar-refractivity contribution in [3.8, 4) is 5.69 Å². The third-order valence-corrected chi connectivity index (χ3v) is 4.56. The topological polar surface area (TPSA) is 59.8 Å². The standard InChI is InChI=1S/C24H22N4O/c1-17-13-18(2)15-20(14-17)25-24(29)23-26-22(16-19-9-5-3-6-10-19)28(27-23)21-11-7-4-8-12-21/h3-15H,16H2,1-2H3,(H,25,29). The number of rotatable bonds is 5. The number of aromatic nitrogens is 3. The minimum Gasteiger partial charge on any atom is -0.319 e. The molecule has 5 heteroatoms. The van der Waals surface area contributed by atoms with E-state index in [1.165, 1.54) is 0 Å². The van der Waals surface area contributed by atoms with Crippen LogP contribution in [0.2, 0.25) is 0 Å². The number of amides is 1. The fourth-order valence-corrected chi connectivity index (χ4v) is 3.34. The maximum absolute atomic E-state index is 12.8. The van der Waals surface area contributed by atoms with E-state index in [4.69, 9.17) is 0 Å². The molecule has 0 aliphatic rings. The van der Waals surface area contributed by atoms with Crippen molar-refractivity contribution < 1.29 is 4.79 Å². The number of hydrogen-bond acceptors (Lipinski definition) is 3. The molecule has 0 unspecified atom stereocenters. The van der Waals surface area contributed by atoms with Crippen LogP contribution in [0.4, 0.5) is 5.69 Å². The molecule has 1 aromatic heterocycles. The van der Waals surface area contributed by atoms with Gasteiger partial charge in [0.15, 0.2) is 0 Å². The zero-order valence-corrected chi connectivity index (χ0v) is 16.5. The lowest BCUT2D eigenvalue weighted by atomic mass is 10.1. The van der Waals surface area contributed by atoms with Gasteiger partial charge in [0.25, 0.3) is 5.91 Å². The molecule has 144 valence electrons. The number of para-hydroxylation sites is 1. The molecule has 1 amide bonds. The van der Waals surface area contributed by atoms with Gasteiger partial charge in [0, 0.05) is 12.1 Å². The average molecular weight is 382 g/mol. The summed E-state index contributed by atoms with van der Waals surface area (Å²) in [5.74, 6) is 0.547. The zero-order valence-electron chi connectivity index (χ0n) is 16.5. The first-order valence-corrected chi connectivity index (χ1v) is 9.53. The van der Waals surface area contributed by atoms with Crippen LogP contribution in [0.3, 0.4) is 0 Å². The second-order valence-electron chi connectivity index (χ2n) is 7.09. The average Bonchev–Trinajstić information content (AvgIpc) is 3.12. The van der Waals surface area contributed by atoms with E-state index >= 15 is 0 Å². The molecule has 4 aromatic rings. The van der Waals surface area contributed by atoms with Crippen LogP contribution in [-0.4, -0.2) is 20.7 Å². The van der Waals surface area contributed by atoms with E-state index in [0.29, 0.717) is 12.2 Å². The fourth-order valence-electron chi connectivity index (χ4n) is 3.34. The number of carbonyl (C=O) groups is 1. The molecule has 0 saturated heterocycles. The minimum atomic E-state index is -0.320. The van der Waals surface area contributed by atoms with Crippen molar-refractivity contribution in [1.29, 1.82) is 0 Å². The van der Waals surface area contributed by atoms with Gasteiger partial charge in [-0.25, -0.2) is 9.67 Å². The lowest BCUT2D eigenvalue weighted by Gasteiger charge is -2.06. The number of nitrogens with zero attached hydrogens (tertiary/aromatic N) is 3. The second-order valence-corrected chi connectivity index (χ2v) is 7.09. The summed E-state index contributed by atoms with van der Waals surface area (Å²) >= 11 is 0. The highest BCUT2D eigenvalue weighted by Crippen LogP contribution is 2.17. The predicted octanol–water partition coefficient (Wildman–Crippen LogP) is 4.73. The van der Waals surface area contributed by atoms with Gasteiger partial charge in [-0.3, -0.25) is 4.79 Å².